The molecular formula is C18H29IN4OS. The van der Waals surface area contributed by atoms with Crippen LogP contribution in [0.15, 0.2) is 34.0 Å². The van der Waals surface area contributed by atoms with Crippen LogP contribution >= 0.6 is 35.3 Å². The molecule has 25 heavy (non-hydrogen) atoms. The number of hydrogen-bond acceptors (Lipinski definition) is 4. The van der Waals surface area contributed by atoms with E-state index in [9.17, 15) is 0 Å². The number of aliphatic imine (C=N–C) groups is 1. The topological polar surface area (TPSA) is 62.5 Å². The number of aromatic nitrogens is 1. The number of aryl methyl sites for hydroxylation is 1. The first-order chi connectivity index (χ1) is 11.7. The van der Waals surface area contributed by atoms with Gasteiger partial charge in [-0.05, 0) is 31.9 Å². The first-order valence-corrected chi connectivity index (χ1v) is 9.53. The molecular weight excluding hydrogens is 447 g/mol. The van der Waals surface area contributed by atoms with Gasteiger partial charge < -0.3 is 15.1 Å². The van der Waals surface area contributed by atoms with Crippen LogP contribution in [-0.4, -0.2) is 30.1 Å². The molecule has 5 nitrogen and oxygen atoms in total. The summed E-state index contributed by atoms with van der Waals surface area (Å²) in [7, 11) is 0. The first kappa shape index (κ1) is 22.0. The van der Waals surface area contributed by atoms with Gasteiger partial charge in [-0.15, -0.1) is 35.3 Å². The van der Waals surface area contributed by atoms with Crippen molar-refractivity contribution in [3.63, 3.8) is 0 Å². The maximum absolute atomic E-state index is 5.36. The van der Waals surface area contributed by atoms with E-state index >= 15 is 0 Å². The van der Waals surface area contributed by atoms with Gasteiger partial charge >= 0.3 is 0 Å². The molecule has 2 aromatic heterocycles. The van der Waals surface area contributed by atoms with E-state index in [1.54, 1.807) is 17.6 Å². The van der Waals surface area contributed by atoms with Crippen molar-refractivity contribution in [2.75, 3.05) is 13.1 Å². The summed E-state index contributed by atoms with van der Waals surface area (Å²) in [6.45, 7) is 8.03. The highest BCUT2D eigenvalue weighted by molar-refractivity contribution is 14.0. The van der Waals surface area contributed by atoms with Crippen LogP contribution in [0.4, 0.5) is 0 Å². The van der Waals surface area contributed by atoms with Crippen molar-refractivity contribution in [1.82, 2.24) is 15.6 Å². The molecule has 0 aromatic carbocycles. The first-order valence-electron chi connectivity index (χ1n) is 8.72. The minimum Gasteiger partial charge on any atom is -0.469 e. The number of hydrogen-bond donors (Lipinski definition) is 2. The van der Waals surface area contributed by atoms with Gasteiger partial charge in [-0.25, -0.2) is 4.98 Å². The Morgan fingerprint density at radius 1 is 1.36 bits per heavy atom. The van der Waals surface area contributed by atoms with Crippen LogP contribution in [0.1, 0.15) is 42.8 Å². The zero-order valence-electron chi connectivity index (χ0n) is 15.2. The lowest BCUT2D eigenvalue weighted by molar-refractivity contribution is 0.506. The molecule has 0 amide bonds. The van der Waals surface area contributed by atoms with Crippen LogP contribution in [0.2, 0.25) is 0 Å². The van der Waals surface area contributed by atoms with Gasteiger partial charge in [0.15, 0.2) is 5.96 Å². The average Bonchev–Trinajstić information content (AvgIpc) is 3.26. The maximum atomic E-state index is 5.36. The number of nitrogens with zero attached hydrogens (tertiary/aromatic N) is 2. The predicted molar refractivity (Wildman–Crippen MR) is 116 cm³/mol. The molecule has 0 radical (unpaired) electrons. The van der Waals surface area contributed by atoms with E-state index in [1.807, 2.05) is 18.3 Å². The zero-order valence-corrected chi connectivity index (χ0v) is 18.4. The van der Waals surface area contributed by atoms with Crippen LogP contribution in [0.5, 0.6) is 0 Å². The summed E-state index contributed by atoms with van der Waals surface area (Å²) in [5.41, 5.74) is 0. The highest BCUT2D eigenvalue weighted by atomic mass is 127. The predicted octanol–water partition coefficient (Wildman–Crippen LogP) is 4.04. The minimum atomic E-state index is 0. The summed E-state index contributed by atoms with van der Waals surface area (Å²) in [4.78, 5) is 10.5. The van der Waals surface area contributed by atoms with E-state index in [1.165, 1.54) is 4.88 Å². The van der Waals surface area contributed by atoms with Crippen LogP contribution in [0, 0.1) is 0 Å². The summed E-state index contributed by atoms with van der Waals surface area (Å²) < 4.78 is 5.36. The Morgan fingerprint density at radius 3 is 2.84 bits per heavy atom. The Morgan fingerprint density at radius 2 is 2.20 bits per heavy atom. The number of guanidine groups is 1. The Hall–Kier alpha value is -1.09. The standard InChI is InChI=1S/C18H28N4OS.HI/c1-4-14(3)22-18(19-10-8-15-7-6-12-23-15)20-11-9-17-21-13-16(5-2)24-17;/h6-7,12-14H,4-5,8-11H2,1-3H3,(H2,19,20,22);1H. The third-order valence-electron chi connectivity index (χ3n) is 3.78. The fourth-order valence-corrected chi connectivity index (χ4v) is 2.99. The molecule has 2 heterocycles. The smallest absolute Gasteiger partial charge is 0.191 e. The molecule has 140 valence electrons. The molecule has 1 unspecified atom stereocenters. The second-order valence-corrected chi connectivity index (χ2v) is 6.96. The number of furan rings is 1. The zero-order chi connectivity index (χ0) is 17.2. The number of halogens is 1. The van der Waals surface area contributed by atoms with Crippen molar-refractivity contribution in [2.45, 2.75) is 52.5 Å². The third kappa shape index (κ3) is 8.22. The number of rotatable bonds is 9. The maximum Gasteiger partial charge on any atom is 0.191 e. The van der Waals surface area contributed by atoms with Crippen LogP contribution in [-0.2, 0) is 19.3 Å². The summed E-state index contributed by atoms with van der Waals surface area (Å²) in [6.07, 6.45) is 7.53. The van der Waals surface area contributed by atoms with Gasteiger partial charge in [-0.2, -0.15) is 0 Å². The average molecular weight is 476 g/mol. The van der Waals surface area contributed by atoms with Crippen LogP contribution < -0.4 is 10.6 Å². The van der Waals surface area contributed by atoms with Crippen molar-refractivity contribution in [1.29, 1.82) is 0 Å². The van der Waals surface area contributed by atoms with Gasteiger partial charge in [-0.3, -0.25) is 4.99 Å². The third-order valence-corrected chi connectivity index (χ3v) is 4.99. The van der Waals surface area contributed by atoms with Gasteiger partial charge in [0.25, 0.3) is 0 Å². The lowest BCUT2D eigenvalue weighted by Gasteiger charge is -2.16. The van der Waals surface area contributed by atoms with E-state index in [-0.39, 0.29) is 24.0 Å². The Labute approximate surface area is 171 Å². The summed E-state index contributed by atoms with van der Waals surface area (Å²) in [5, 5.41) is 7.99. The second-order valence-electron chi connectivity index (χ2n) is 5.76. The van der Waals surface area contributed by atoms with Gasteiger partial charge in [0.05, 0.1) is 11.3 Å². The molecule has 0 saturated heterocycles. The molecule has 2 rings (SSSR count). The quantitative estimate of drug-likeness (QED) is 0.326. The SMILES string of the molecule is CCc1cnc(CCN=C(NCCc2ccco2)NC(C)CC)s1.I. The lowest BCUT2D eigenvalue weighted by atomic mass is 10.3. The molecule has 0 spiro atoms. The Kier molecular flexibility index (Phi) is 10.8. The largest absolute Gasteiger partial charge is 0.469 e. The molecule has 0 aliphatic heterocycles. The Bertz CT molecular complexity index is 612. The van der Waals surface area contributed by atoms with Crippen molar-refractivity contribution < 1.29 is 4.42 Å². The number of nitrogens with one attached hydrogen (secondary N) is 2. The van der Waals surface area contributed by atoms with E-state index in [0.717, 1.165) is 55.5 Å². The summed E-state index contributed by atoms with van der Waals surface area (Å²) in [6, 6.07) is 4.31. The fourth-order valence-electron chi connectivity index (χ4n) is 2.14. The monoisotopic (exact) mass is 476 g/mol. The summed E-state index contributed by atoms with van der Waals surface area (Å²) >= 11 is 1.79. The van der Waals surface area contributed by atoms with Crippen molar-refractivity contribution in [2.24, 2.45) is 4.99 Å². The van der Waals surface area contributed by atoms with E-state index in [2.05, 4.69) is 36.4 Å². The van der Waals surface area contributed by atoms with Crippen molar-refractivity contribution in [3.05, 3.63) is 40.2 Å². The normalized spacial score (nSPS) is 12.5. The molecule has 0 fully saturated rings. The van der Waals surface area contributed by atoms with Crippen LogP contribution in [0.3, 0.4) is 0 Å². The number of thiazole rings is 1. The van der Waals surface area contributed by atoms with Gasteiger partial charge in [0, 0.05) is 43.0 Å². The lowest BCUT2D eigenvalue weighted by Crippen LogP contribution is -2.43. The second kappa shape index (κ2) is 12.3. The molecule has 2 N–H and O–H groups in total. The summed E-state index contributed by atoms with van der Waals surface area (Å²) in [5.74, 6) is 1.85. The van der Waals surface area contributed by atoms with Gasteiger partial charge in [0.1, 0.15) is 5.76 Å². The van der Waals surface area contributed by atoms with Crippen molar-refractivity contribution >= 4 is 41.3 Å². The highest BCUT2D eigenvalue weighted by Crippen LogP contribution is 2.13. The van der Waals surface area contributed by atoms with Gasteiger partial charge in [-0.1, -0.05) is 13.8 Å². The van der Waals surface area contributed by atoms with Gasteiger partial charge in [0.2, 0.25) is 0 Å². The highest BCUT2D eigenvalue weighted by Gasteiger charge is 2.05. The molecule has 0 aliphatic carbocycles. The van der Waals surface area contributed by atoms with E-state index in [0.29, 0.717) is 6.04 Å². The molecule has 0 saturated carbocycles. The molecule has 0 bridgehead atoms. The minimum absolute atomic E-state index is 0. The Balaban J connectivity index is 0.00000312. The molecule has 0 aliphatic rings. The molecule has 2 aromatic rings. The molecule has 7 heteroatoms. The van der Waals surface area contributed by atoms with Crippen LogP contribution in [0.25, 0.3) is 0 Å². The van der Waals surface area contributed by atoms with E-state index in [4.69, 9.17) is 9.41 Å². The van der Waals surface area contributed by atoms with Crippen molar-refractivity contribution in [3.8, 4) is 0 Å². The molecule has 1 atom stereocenters. The van der Waals surface area contributed by atoms with E-state index < -0.39 is 0 Å². The fraction of sp³-hybridized carbons (Fsp3) is 0.556.